The van der Waals surface area contributed by atoms with Crippen molar-refractivity contribution in [3.8, 4) is 11.1 Å². The maximum Gasteiger partial charge on any atom is 0.416 e. The van der Waals surface area contributed by atoms with E-state index in [1.54, 1.807) is 24.3 Å². The standard InChI is InChI=1S/C26H22F3NO3S/c1-25(33,19-8-4-9-20(15-19)26(27,28)29)22-14-17-6-3-10-21(23(17)34-22)16-5-2-7-18(13-16)24(32)30-11-12-31/h2-10,13-15,31,33H,11-12H2,1H3,(H,30,32). The number of nitrogens with one attached hydrogen (secondary N) is 1. The van der Waals surface area contributed by atoms with Gasteiger partial charge in [-0.15, -0.1) is 11.3 Å². The van der Waals surface area contributed by atoms with Crippen LogP contribution in [0.4, 0.5) is 13.2 Å². The molecule has 0 aliphatic carbocycles. The first-order valence-corrected chi connectivity index (χ1v) is 11.4. The lowest BCUT2D eigenvalue weighted by Gasteiger charge is -2.23. The fourth-order valence-electron chi connectivity index (χ4n) is 3.77. The minimum Gasteiger partial charge on any atom is -0.395 e. The van der Waals surface area contributed by atoms with Gasteiger partial charge < -0.3 is 15.5 Å². The molecular formula is C26H22F3NO3S. The maximum atomic E-state index is 13.2. The molecule has 0 bridgehead atoms. The van der Waals surface area contributed by atoms with Gasteiger partial charge in [0.2, 0.25) is 0 Å². The van der Waals surface area contributed by atoms with Crippen LogP contribution in [0.3, 0.4) is 0 Å². The highest BCUT2D eigenvalue weighted by Gasteiger charge is 2.34. The third-order valence-corrected chi connectivity index (χ3v) is 7.00. The second kappa shape index (κ2) is 9.21. The molecule has 0 spiro atoms. The van der Waals surface area contributed by atoms with Crippen LogP contribution in [-0.4, -0.2) is 29.3 Å². The molecule has 1 amide bonds. The predicted octanol–water partition coefficient (Wildman–Crippen LogP) is 5.57. The first-order chi connectivity index (χ1) is 16.1. The number of carbonyl (C=O) groups is 1. The van der Waals surface area contributed by atoms with E-state index in [1.165, 1.54) is 30.4 Å². The Morgan fingerprint density at radius 2 is 1.68 bits per heavy atom. The molecule has 8 heteroatoms. The summed E-state index contributed by atoms with van der Waals surface area (Å²) in [7, 11) is 0. The zero-order valence-electron chi connectivity index (χ0n) is 18.2. The van der Waals surface area contributed by atoms with Gasteiger partial charge in [-0.25, -0.2) is 0 Å². The Balaban J connectivity index is 1.76. The van der Waals surface area contributed by atoms with E-state index in [1.807, 2.05) is 24.3 Å². The fourth-order valence-corrected chi connectivity index (χ4v) is 5.03. The molecule has 3 N–H and O–H groups in total. The first-order valence-electron chi connectivity index (χ1n) is 10.5. The molecule has 4 nitrogen and oxygen atoms in total. The van der Waals surface area contributed by atoms with Crippen molar-refractivity contribution in [2.75, 3.05) is 13.2 Å². The molecular weight excluding hydrogens is 463 g/mol. The highest BCUT2D eigenvalue weighted by molar-refractivity contribution is 7.19. The lowest BCUT2D eigenvalue weighted by molar-refractivity contribution is -0.137. The molecule has 0 saturated heterocycles. The largest absolute Gasteiger partial charge is 0.416 e. The van der Waals surface area contributed by atoms with Gasteiger partial charge in [-0.1, -0.05) is 42.5 Å². The summed E-state index contributed by atoms with van der Waals surface area (Å²) in [5.41, 5.74) is -0.231. The highest BCUT2D eigenvalue weighted by atomic mass is 32.1. The average molecular weight is 486 g/mol. The molecule has 1 heterocycles. The van der Waals surface area contributed by atoms with Crippen molar-refractivity contribution in [3.05, 3.63) is 94.4 Å². The molecule has 0 fully saturated rings. The zero-order chi connectivity index (χ0) is 24.5. The van der Waals surface area contributed by atoms with E-state index < -0.39 is 17.3 Å². The van der Waals surface area contributed by atoms with Crippen molar-refractivity contribution in [1.29, 1.82) is 0 Å². The molecule has 4 rings (SSSR count). The molecule has 1 aromatic heterocycles. The van der Waals surface area contributed by atoms with Gasteiger partial charge in [0.1, 0.15) is 5.60 Å². The first kappa shape index (κ1) is 23.9. The van der Waals surface area contributed by atoms with Crippen molar-refractivity contribution in [2.24, 2.45) is 0 Å². The summed E-state index contributed by atoms with van der Waals surface area (Å²) in [5.74, 6) is -0.303. The number of halogens is 3. The van der Waals surface area contributed by atoms with Crippen molar-refractivity contribution in [2.45, 2.75) is 18.7 Å². The molecule has 0 aliphatic rings. The molecule has 1 atom stereocenters. The molecule has 34 heavy (non-hydrogen) atoms. The number of aliphatic hydroxyl groups is 2. The molecule has 1 unspecified atom stereocenters. The molecule has 176 valence electrons. The lowest BCUT2D eigenvalue weighted by Crippen LogP contribution is -2.26. The number of benzene rings is 3. The van der Waals surface area contributed by atoms with Crippen LogP contribution in [0, 0.1) is 0 Å². The number of rotatable bonds is 6. The van der Waals surface area contributed by atoms with Crippen LogP contribution in [0.25, 0.3) is 21.2 Å². The van der Waals surface area contributed by atoms with Crippen LogP contribution in [0.2, 0.25) is 0 Å². The number of hydrogen-bond acceptors (Lipinski definition) is 4. The summed E-state index contributed by atoms with van der Waals surface area (Å²) < 4.78 is 40.5. The number of amides is 1. The predicted molar refractivity (Wildman–Crippen MR) is 127 cm³/mol. The smallest absolute Gasteiger partial charge is 0.395 e. The topological polar surface area (TPSA) is 69.6 Å². The van der Waals surface area contributed by atoms with Crippen LogP contribution in [-0.2, 0) is 11.8 Å². The molecule has 4 aromatic rings. The van der Waals surface area contributed by atoms with Crippen LogP contribution in [0.15, 0.2) is 72.8 Å². The van der Waals surface area contributed by atoms with Gasteiger partial charge in [0, 0.05) is 21.7 Å². The average Bonchev–Trinajstić information content (AvgIpc) is 3.27. The zero-order valence-corrected chi connectivity index (χ0v) is 19.0. The van der Waals surface area contributed by atoms with Gasteiger partial charge in [0.05, 0.1) is 12.2 Å². The SMILES string of the molecule is CC(O)(c1cccc(C(F)(F)F)c1)c1cc2cccc(-c3cccc(C(=O)NCCO)c3)c2s1. The number of carbonyl (C=O) groups excluding carboxylic acids is 1. The third-order valence-electron chi connectivity index (χ3n) is 5.61. The number of thiophene rings is 1. The van der Waals surface area contributed by atoms with Gasteiger partial charge in [-0.3, -0.25) is 4.79 Å². The van der Waals surface area contributed by atoms with Crippen LogP contribution < -0.4 is 5.32 Å². The van der Waals surface area contributed by atoms with Crippen molar-refractivity contribution in [3.63, 3.8) is 0 Å². The van der Waals surface area contributed by atoms with Gasteiger partial charge in [-0.05, 0) is 59.3 Å². The van der Waals surface area contributed by atoms with Crippen LogP contribution in [0.1, 0.15) is 33.3 Å². The van der Waals surface area contributed by atoms with Crippen molar-refractivity contribution < 1.29 is 28.2 Å². The minimum atomic E-state index is -4.51. The van der Waals surface area contributed by atoms with E-state index >= 15 is 0 Å². The Kier molecular flexibility index (Phi) is 6.49. The summed E-state index contributed by atoms with van der Waals surface area (Å²) in [6.45, 7) is 1.48. The van der Waals surface area contributed by atoms with Crippen LogP contribution in [0.5, 0.6) is 0 Å². The monoisotopic (exact) mass is 485 g/mol. The Bertz CT molecular complexity index is 1340. The van der Waals surface area contributed by atoms with E-state index in [9.17, 15) is 23.1 Å². The summed E-state index contributed by atoms with van der Waals surface area (Å²) in [6.07, 6.45) is -4.51. The van der Waals surface area contributed by atoms with Gasteiger partial charge in [0.15, 0.2) is 0 Å². The summed E-state index contributed by atoms with van der Waals surface area (Å²) in [5, 5.41) is 23.7. The van der Waals surface area contributed by atoms with Crippen molar-refractivity contribution >= 4 is 27.3 Å². The van der Waals surface area contributed by atoms with E-state index in [-0.39, 0.29) is 24.6 Å². The van der Waals surface area contributed by atoms with Gasteiger partial charge in [0.25, 0.3) is 5.91 Å². The summed E-state index contributed by atoms with van der Waals surface area (Å²) in [6, 6.07) is 19.2. The molecule has 0 radical (unpaired) electrons. The molecule has 0 saturated carbocycles. The summed E-state index contributed by atoms with van der Waals surface area (Å²) >= 11 is 1.30. The maximum absolute atomic E-state index is 13.2. The van der Waals surface area contributed by atoms with E-state index in [0.717, 1.165) is 33.3 Å². The quantitative estimate of drug-likeness (QED) is 0.335. The van der Waals surface area contributed by atoms with Crippen LogP contribution >= 0.6 is 11.3 Å². The highest BCUT2D eigenvalue weighted by Crippen LogP contribution is 2.42. The van der Waals surface area contributed by atoms with E-state index in [2.05, 4.69) is 5.32 Å². The number of hydrogen-bond donors (Lipinski definition) is 3. The third kappa shape index (κ3) is 4.70. The van der Waals surface area contributed by atoms with Gasteiger partial charge in [-0.2, -0.15) is 13.2 Å². The Hall–Kier alpha value is -3.20. The number of aliphatic hydroxyl groups excluding tert-OH is 1. The second-order valence-corrected chi connectivity index (χ2v) is 9.10. The Morgan fingerprint density at radius 1 is 0.971 bits per heavy atom. The Labute approximate surface area is 198 Å². The summed E-state index contributed by atoms with van der Waals surface area (Å²) in [4.78, 5) is 12.8. The number of alkyl halides is 3. The Morgan fingerprint density at radius 3 is 2.41 bits per heavy atom. The van der Waals surface area contributed by atoms with Gasteiger partial charge >= 0.3 is 6.18 Å². The van der Waals surface area contributed by atoms with E-state index in [4.69, 9.17) is 5.11 Å². The van der Waals surface area contributed by atoms with Crippen molar-refractivity contribution in [1.82, 2.24) is 5.32 Å². The normalized spacial score (nSPS) is 13.6. The minimum absolute atomic E-state index is 0.150. The lowest BCUT2D eigenvalue weighted by atomic mass is 9.92. The molecule has 3 aromatic carbocycles. The second-order valence-electron chi connectivity index (χ2n) is 8.05. The molecule has 0 aliphatic heterocycles. The fraction of sp³-hybridized carbons (Fsp3) is 0.192. The number of fused-ring (bicyclic) bond motifs is 1. The van der Waals surface area contributed by atoms with E-state index in [0.29, 0.717) is 10.4 Å².